The van der Waals surface area contributed by atoms with Gasteiger partial charge in [0.1, 0.15) is 0 Å². The Morgan fingerprint density at radius 3 is 2.50 bits per heavy atom. The standard InChI is InChI=1S/C26H30N2/c1-4-28(5-2)18-10-13-22-11-8-12-23(19-22)20-27-21(3)25-17-9-15-24-14-6-7-16-26(24)25/h6-9,11-12,14-17,19,21,27H,4-5,18,20H2,1-3H3/t21-/m1/s1. The zero-order chi connectivity index (χ0) is 19.8. The fourth-order valence-electron chi connectivity index (χ4n) is 3.47. The second-order valence-electron chi connectivity index (χ2n) is 7.13. The van der Waals surface area contributed by atoms with Crippen molar-refractivity contribution < 1.29 is 0 Å². The van der Waals surface area contributed by atoms with E-state index in [-0.39, 0.29) is 6.04 Å². The maximum Gasteiger partial charge on any atom is 0.0605 e. The van der Waals surface area contributed by atoms with E-state index in [9.17, 15) is 0 Å². The maximum atomic E-state index is 3.67. The molecule has 2 heteroatoms. The molecule has 0 spiro atoms. The molecule has 0 unspecified atom stereocenters. The summed E-state index contributed by atoms with van der Waals surface area (Å²) >= 11 is 0. The van der Waals surface area contributed by atoms with Gasteiger partial charge < -0.3 is 5.32 Å². The predicted octanol–water partition coefficient (Wildman–Crippen LogP) is 5.38. The summed E-state index contributed by atoms with van der Waals surface area (Å²) in [6.45, 7) is 10.3. The van der Waals surface area contributed by atoms with Crippen molar-refractivity contribution in [3.8, 4) is 11.8 Å². The first kappa shape index (κ1) is 20.1. The molecule has 0 radical (unpaired) electrons. The molecular weight excluding hydrogens is 340 g/mol. The van der Waals surface area contributed by atoms with Gasteiger partial charge in [0.25, 0.3) is 0 Å². The Bertz CT molecular complexity index is 955. The highest BCUT2D eigenvalue weighted by atomic mass is 15.1. The first-order valence-corrected chi connectivity index (χ1v) is 10.2. The van der Waals surface area contributed by atoms with Crippen molar-refractivity contribution in [1.82, 2.24) is 10.2 Å². The van der Waals surface area contributed by atoms with Gasteiger partial charge in [0.2, 0.25) is 0 Å². The minimum Gasteiger partial charge on any atom is -0.306 e. The van der Waals surface area contributed by atoms with Crippen molar-refractivity contribution in [2.75, 3.05) is 19.6 Å². The lowest BCUT2D eigenvalue weighted by molar-refractivity contribution is 0.342. The third-order valence-electron chi connectivity index (χ3n) is 5.26. The highest BCUT2D eigenvalue weighted by Gasteiger charge is 2.08. The Morgan fingerprint density at radius 2 is 1.68 bits per heavy atom. The summed E-state index contributed by atoms with van der Waals surface area (Å²) in [6.07, 6.45) is 0. The molecular formula is C26H30N2. The molecule has 0 heterocycles. The van der Waals surface area contributed by atoms with Gasteiger partial charge in [-0.05, 0) is 54.0 Å². The van der Waals surface area contributed by atoms with Crippen molar-refractivity contribution >= 4 is 10.8 Å². The molecule has 0 saturated heterocycles. The highest BCUT2D eigenvalue weighted by Crippen LogP contribution is 2.24. The van der Waals surface area contributed by atoms with E-state index in [1.54, 1.807) is 0 Å². The van der Waals surface area contributed by atoms with Crippen LogP contribution < -0.4 is 5.32 Å². The minimum absolute atomic E-state index is 0.281. The first-order valence-electron chi connectivity index (χ1n) is 10.2. The van der Waals surface area contributed by atoms with Crippen LogP contribution in [0.2, 0.25) is 0 Å². The van der Waals surface area contributed by atoms with Gasteiger partial charge in [0, 0.05) is 18.2 Å². The van der Waals surface area contributed by atoms with E-state index < -0.39 is 0 Å². The lowest BCUT2D eigenvalue weighted by atomic mass is 9.99. The SMILES string of the molecule is CCN(CC)CC#Cc1cccc(CN[C@H](C)c2cccc3ccccc23)c1. The van der Waals surface area contributed by atoms with E-state index in [0.717, 1.165) is 31.7 Å². The van der Waals surface area contributed by atoms with Crippen LogP contribution in [0.4, 0.5) is 0 Å². The molecule has 1 N–H and O–H groups in total. The van der Waals surface area contributed by atoms with Crippen LogP contribution in [-0.4, -0.2) is 24.5 Å². The van der Waals surface area contributed by atoms with Gasteiger partial charge in [0.05, 0.1) is 6.54 Å². The Labute approximate surface area is 169 Å². The van der Waals surface area contributed by atoms with E-state index in [0.29, 0.717) is 0 Å². The lowest BCUT2D eigenvalue weighted by Crippen LogP contribution is -2.22. The molecule has 3 rings (SSSR count). The average Bonchev–Trinajstić information content (AvgIpc) is 2.75. The largest absolute Gasteiger partial charge is 0.306 e. The van der Waals surface area contributed by atoms with Crippen LogP contribution in [0, 0.1) is 11.8 Å². The van der Waals surface area contributed by atoms with Crippen LogP contribution in [0.1, 0.15) is 43.5 Å². The van der Waals surface area contributed by atoms with Crippen molar-refractivity contribution in [3.05, 3.63) is 83.4 Å². The Balaban J connectivity index is 1.65. The van der Waals surface area contributed by atoms with Crippen molar-refractivity contribution in [1.29, 1.82) is 0 Å². The average molecular weight is 371 g/mol. The van der Waals surface area contributed by atoms with Crippen LogP contribution in [0.25, 0.3) is 10.8 Å². The summed E-state index contributed by atoms with van der Waals surface area (Å²) in [5.74, 6) is 6.61. The van der Waals surface area contributed by atoms with E-state index in [2.05, 4.69) is 110 Å². The third-order valence-corrected chi connectivity index (χ3v) is 5.26. The second kappa shape index (κ2) is 10.1. The normalized spacial score (nSPS) is 12.0. The molecule has 0 aliphatic rings. The summed E-state index contributed by atoms with van der Waals surface area (Å²) in [5.41, 5.74) is 3.69. The summed E-state index contributed by atoms with van der Waals surface area (Å²) in [7, 11) is 0. The van der Waals surface area contributed by atoms with Crippen LogP contribution in [0.15, 0.2) is 66.7 Å². The first-order chi connectivity index (χ1) is 13.7. The molecule has 0 aromatic heterocycles. The number of rotatable bonds is 7. The molecule has 3 aromatic rings. The van der Waals surface area contributed by atoms with E-state index in [1.807, 2.05) is 0 Å². The van der Waals surface area contributed by atoms with Crippen molar-refractivity contribution in [2.24, 2.45) is 0 Å². The number of fused-ring (bicyclic) bond motifs is 1. The number of nitrogens with zero attached hydrogens (tertiary/aromatic N) is 1. The summed E-state index contributed by atoms with van der Waals surface area (Å²) in [5, 5.41) is 6.28. The van der Waals surface area contributed by atoms with Crippen LogP contribution in [0.3, 0.4) is 0 Å². The zero-order valence-corrected chi connectivity index (χ0v) is 17.2. The topological polar surface area (TPSA) is 15.3 Å². The van der Waals surface area contributed by atoms with Crippen molar-refractivity contribution in [2.45, 2.75) is 33.4 Å². The predicted molar refractivity (Wildman–Crippen MR) is 120 cm³/mol. The monoisotopic (exact) mass is 370 g/mol. The summed E-state index contributed by atoms with van der Waals surface area (Å²) in [6, 6.07) is 23.9. The molecule has 0 saturated carbocycles. The van der Waals surface area contributed by atoms with Crippen LogP contribution in [-0.2, 0) is 6.54 Å². The molecule has 0 aliphatic carbocycles. The number of benzene rings is 3. The van der Waals surface area contributed by atoms with Crippen molar-refractivity contribution in [3.63, 3.8) is 0 Å². The molecule has 28 heavy (non-hydrogen) atoms. The molecule has 0 amide bonds. The van der Waals surface area contributed by atoms with E-state index in [1.165, 1.54) is 21.9 Å². The lowest BCUT2D eigenvalue weighted by Gasteiger charge is -2.17. The molecule has 0 fully saturated rings. The minimum atomic E-state index is 0.281. The number of hydrogen-bond donors (Lipinski definition) is 1. The zero-order valence-electron chi connectivity index (χ0n) is 17.2. The Morgan fingerprint density at radius 1 is 0.929 bits per heavy atom. The van der Waals surface area contributed by atoms with Gasteiger partial charge >= 0.3 is 0 Å². The summed E-state index contributed by atoms with van der Waals surface area (Å²) < 4.78 is 0. The maximum absolute atomic E-state index is 3.67. The second-order valence-corrected chi connectivity index (χ2v) is 7.13. The quantitative estimate of drug-likeness (QED) is 0.561. The van der Waals surface area contributed by atoms with Gasteiger partial charge in [-0.2, -0.15) is 0 Å². The molecule has 0 aliphatic heterocycles. The number of nitrogens with one attached hydrogen (secondary N) is 1. The fraction of sp³-hybridized carbons (Fsp3) is 0.308. The molecule has 1 atom stereocenters. The third kappa shape index (κ3) is 5.23. The van der Waals surface area contributed by atoms with Gasteiger partial charge in [-0.1, -0.05) is 80.3 Å². The summed E-state index contributed by atoms with van der Waals surface area (Å²) in [4.78, 5) is 2.32. The van der Waals surface area contributed by atoms with E-state index >= 15 is 0 Å². The molecule has 2 nitrogen and oxygen atoms in total. The smallest absolute Gasteiger partial charge is 0.0605 e. The van der Waals surface area contributed by atoms with Crippen LogP contribution in [0.5, 0.6) is 0 Å². The highest BCUT2D eigenvalue weighted by molar-refractivity contribution is 5.86. The number of hydrogen-bond acceptors (Lipinski definition) is 2. The van der Waals surface area contributed by atoms with Gasteiger partial charge in [-0.25, -0.2) is 0 Å². The van der Waals surface area contributed by atoms with Crippen LogP contribution >= 0.6 is 0 Å². The fourth-order valence-corrected chi connectivity index (χ4v) is 3.47. The molecule has 3 aromatic carbocycles. The molecule has 144 valence electrons. The Kier molecular flexibility index (Phi) is 7.25. The van der Waals surface area contributed by atoms with E-state index in [4.69, 9.17) is 0 Å². The van der Waals surface area contributed by atoms with Gasteiger partial charge in [-0.3, -0.25) is 4.90 Å². The molecule has 0 bridgehead atoms. The van der Waals surface area contributed by atoms with Gasteiger partial charge in [0.15, 0.2) is 0 Å². The Hall–Kier alpha value is -2.60. The van der Waals surface area contributed by atoms with Gasteiger partial charge in [-0.15, -0.1) is 0 Å².